The molecule has 23 heavy (non-hydrogen) atoms. The number of halogens is 1. The van der Waals surface area contributed by atoms with Crippen molar-refractivity contribution in [2.45, 2.75) is 18.9 Å². The molecule has 0 unspecified atom stereocenters. The third-order valence-corrected chi connectivity index (χ3v) is 4.93. The van der Waals surface area contributed by atoms with Gasteiger partial charge in [-0.15, -0.1) is 0 Å². The lowest BCUT2D eigenvalue weighted by molar-refractivity contribution is -0.134. The standard InChI is InChI=1S/C15H19ClN2O4S/c1-2-23(20,21)17-13-7-9-18(10-8-13)15(19)11-22-14-5-3-12(16)4-6-14/h2-6,13,17H,1,7-11H2. The van der Waals surface area contributed by atoms with Crippen LogP contribution in [0.2, 0.25) is 5.02 Å². The van der Waals surface area contributed by atoms with Crippen molar-refractivity contribution in [2.75, 3.05) is 19.7 Å². The molecule has 0 bridgehead atoms. The molecule has 0 aliphatic carbocycles. The van der Waals surface area contributed by atoms with Gasteiger partial charge in [-0.3, -0.25) is 4.79 Å². The van der Waals surface area contributed by atoms with Crippen LogP contribution in [-0.4, -0.2) is 45.0 Å². The molecule has 1 aromatic rings. The molecule has 0 spiro atoms. The topological polar surface area (TPSA) is 75.7 Å². The number of hydrogen-bond acceptors (Lipinski definition) is 4. The summed E-state index contributed by atoms with van der Waals surface area (Å²) in [6.45, 7) is 4.20. The van der Waals surface area contributed by atoms with E-state index in [-0.39, 0.29) is 18.6 Å². The molecule has 1 heterocycles. The average Bonchev–Trinajstić information content (AvgIpc) is 2.54. The van der Waals surface area contributed by atoms with Crippen molar-refractivity contribution in [1.29, 1.82) is 0 Å². The Balaban J connectivity index is 1.77. The molecule has 1 saturated heterocycles. The molecule has 1 aromatic carbocycles. The van der Waals surface area contributed by atoms with Crippen molar-refractivity contribution in [1.82, 2.24) is 9.62 Å². The number of sulfonamides is 1. The van der Waals surface area contributed by atoms with Gasteiger partial charge in [-0.1, -0.05) is 18.2 Å². The summed E-state index contributed by atoms with van der Waals surface area (Å²) in [6, 6.07) is 6.62. The number of likely N-dealkylation sites (tertiary alicyclic amines) is 1. The summed E-state index contributed by atoms with van der Waals surface area (Å²) in [5.74, 6) is 0.460. The number of ether oxygens (including phenoxy) is 1. The molecule has 6 nitrogen and oxygen atoms in total. The van der Waals surface area contributed by atoms with Gasteiger partial charge in [0.1, 0.15) is 5.75 Å². The summed E-state index contributed by atoms with van der Waals surface area (Å²) in [5, 5.41) is 1.50. The van der Waals surface area contributed by atoms with Crippen LogP contribution >= 0.6 is 11.6 Å². The fourth-order valence-electron chi connectivity index (χ4n) is 2.29. The summed E-state index contributed by atoms with van der Waals surface area (Å²) in [6.07, 6.45) is 1.14. The van der Waals surface area contributed by atoms with Crippen LogP contribution in [0.1, 0.15) is 12.8 Å². The van der Waals surface area contributed by atoms with Gasteiger partial charge in [-0.05, 0) is 37.1 Å². The second-order valence-corrected chi connectivity index (χ2v) is 7.32. The first-order valence-corrected chi connectivity index (χ1v) is 9.13. The van der Waals surface area contributed by atoms with Gasteiger partial charge in [0, 0.05) is 29.6 Å². The van der Waals surface area contributed by atoms with Crippen molar-refractivity contribution in [3.05, 3.63) is 41.3 Å². The summed E-state index contributed by atoms with van der Waals surface area (Å²) < 4.78 is 30.8. The van der Waals surface area contributed by atoms with E-state index in [4.69, 9.17) is 16.3 Å². The Hall–Kier alpha value is -1.57. The number of nitrogens with one attached hydrogen (secondary N) is 1. The van der Waals surface area contributed by atoms with Gasteiger partial charge in [0.15, 0.2) is 6.61 Å². The zero-order valence-corrected chi connectivity index (χ0v) is 14.1. The molecule has 0 radical (unpaired) electrons. The SMILES string of the molecule is C=CS(=O)(=O)NC1CCN(C(=O)COc2ccc(Cl)cc2)CC1. The lowest BCUT2D eigenvalue weighted by Gasteiger charge is -2.31. The van der Waals surface area contributed by atoms with Crippen molar-refractivity contribution in [2.24, 2.45) is 0 Å². The molecule has 0 atom stereocenters. The fourth-order valence-corrected chi connectivity index (χ4v) is 3.22. The van der Waals surface area contributed by atoms with Gasteiger partial charge < -0.3 is 9.64 Å². The lowest BCUT2D eigenvalue weighted by Crippen LogP contribution is -2.47. The Kier molecular flexibility index (Phi) is 6.04. The minimum absolute atomic E-state index is 0.0509. The minimum Gasteiger partial charge on any atom is -0.484 e. The zero-order chi connectivity index (χ0) is 16.9. The van der Waals surface area contributed by atoms with Gasteiger partial charge in [0.05, 0.1) is 0 Å². The van der Waals surface area contributed by atoms with Gasteiger partial charge in [0.2, 0.25) is 10.0 Å². The third-order valence-electron chi connectivity index (χ3n) is 3.57. The molecule has 1 aliphatic rings. The maximum atomic E-state index is 12.1. The number of carbonyl (C=O) groups excluding carboxylic acids is 1. The largest absolute Gasteiger partial charge is 0.484 e. The Labute approximate surface area is 141 Å². The van der Waals surface area contributed by atoms with Crippen molar-refractivity contribution >= 4 is 27.5 Å². The Morgan fingerprint density at radius 2 is 1.96 bits per heavy atom. The maximum Gasteiger partial charge on any atom is 0.260 e. The van der Waals surface area contributed by atoms with E-state index in [0.717, 1.165) is 5.41 Å². The Morgan fingerprint density at radius 3 is 2.52 bits per heavy atom. The molecule has 0 aromatic heterocycles. The predicted molar refractivity (Wildman–Crippen MR) is 88.8 cm³/mol. The normalized spacial score (nSPS) is 16.1. The van der Waals surface area contributed by atoms with Crippen LogP contribution in [0.5, 0.6) is 5.75 Å². The van der Waals surface area contributed by atoms with E-state index >= 15 is 0 Å². The highest BCUT2D eigenvalue weighted by molar-refractivity contribution is 7.92. The number of amides is 1. The maximum absolute atomic E-state index is 12.1. The highest BCUT2D eigenvalue weighted by Crippen LogP contribution is 2.16. The van der Waals surface area contributed by atoms with Crippen LogP contribution in [0.3, 0.4) is 0 Å². The Morgan fingerprint density at radius 1 is 1.35 bits per heavy atom. The molecular weight excluding hydrogens is 340 g/mol. The number of carbonyl (C=O) groups is 1. The number of benzene rings is 1. The lowest BCUT2D eigenvalue weighted by atomic mass is 10.1. The zero-order valence-electron chi connectivity index (χ0n) is 12.6. The van der Waals surface area contributed by atoms with E-state index in [9.17, 15) is 13.2 Å². The fraction of sp³-hybridized carbons (Fsp3) is 0.400. The summed E-state index contributed by atoms with van der Waals surface area (Å²) in [4.78, 5) is 13.8. The molecule has 1 fully saturated rings. The van der Waals surface area contributed by atoms with Crippen LogP contribution in [0.4, 0.5) is 0 Å². The van der Waals surface area contributed by atoms with Crippen LogP contribution in [-0.2, 0) is 14.8 Å². The van der Waals surface area contributed by atoms with Crippen LogP contribution in [0, 0.1) is 0 Å². The average molecular weight is 359 g/mol. The molecule has 0 saturated carbocycles. The highest BCUT2D eigenvalue weighted by Gasteiger charge is 2.25. The van der Waals surface area contributed by atoms with Gasteiger partial charge in [0.25, 0.3) is 5.91 Å². The van der Waals surface area contributed by atoms with Crippen molar-refractivity contribution in [3.8, 4) is 5.75 Å². The quantitative estimate of drug-likeness (QED) is 0.841. The number of hydrogen-bond donors (Lipinski definition) is 1. The number of rotatable bonds is 6. The molecule has 8 heteroatoms. The van der Waals surface area contributed by atoms with E-state index in [1.807, 2.05) is 0 Å². The molecule has 2 rings (SSSR count). The number of piperidine rings is 1. The van der Waals surface area contributed by atoms with Crippen LogP contribution < -0.4 is 9.46 Å². The summed E-state index contributed by atoms with van der Waals surface area (Å²) >= 11 is 5.78. The monoisotopic (exact) mass is 358 g/mol. The van der Waals surface area contributed by atoms with E-state index in [1.54, 1.807) is 29.2 Å². The first-order chi connectivity index (χ1) is 10.9. The van der Waals surface area contributed by atoms with Crippen LogP contribution in [0.25, 0.3) is 0 Å². The smallest absolute Gasteiger partial charge is 0.260 e. The Bertz CT molecular complexity index is 653. The molecule has 1 aliphatic heterocycles. The second-order valence-electron chi connectivity index (χ2n) is 5.23. The molecule has 1 amide bonds. The van der Waals surface area contributed by atoms with E-state index in [0.29, 0.717) is 36.7 Å². The second kappa shape index (κ2) is 7.81. The summed E-state index contributed by atoms with van der Waals surface area (Å²) in [5.41, 5.74) is 0. The molecule has 1 N–H and O–H groups in total. The van der Waals surface area contributed by atoms with E-state index in [1.165, 1.54) is 0 Å². The van der Waals surface area contributed by atoms with Gasteiger partial charge in [-0.2, -0.15) is 0 Å². The first-order valence-electron chi connectivity index (χ1n) is 7.20. The molecule has 126 valence electrons. The predicted octanol–water partition coefficient (Wildman–Crippen LogP) is 1.77. The van der Waals surface area contributed by atoms with Crippen molar-refractivity contribution in [3.63, 3.8) is 0 Å². The van der Waals surface area contributed by atoms with E-state index < -0.39 is 10.0 Å². The van der Waals surface area contributed by atoms with Gasteiger partial charge in [-0.25, -0.2) is 13.1 Å². The van der Waals surface area contributed by atoms with Crippen molar-refractivity contribution < 1.29 is 17.9 Å². The first kappa shape index (κ1) is 17.8. The van der Waals surface area contributed by atoms with E-state index in [2.05, 4.69) is 11.3 Å². The number of nitrogens with zero attached hydrogens (tertiary/aromatic N) is 1. The van der Waals surface area contributed by atoms with Gasteiger partial charge >= 0.3 is 0 Å². The molecular formula is C15H19ClN2O4S. The third kappa shape index (κ3) is 5.53. The highest BCUT2D eigenvalue weighted by atomic mass is 35.5. The van der Waals surface area contributed by atoms with Crippen LogP contribution in [0.15, 0.2) is 36.3 Å². The minimum atomic E-state index is -3.43. The summed E-state index contributed by atoms with van der Waals surface area (Å²) in [7, 11) is -3.43.